The van der Waals surface area contributed by atoms with Crippen molar-refractivity contribution in [2.24, 2.45) is 0 Å². The highest BCUT2D eigenvalue weighted by molar-refractivity contribution is 7.29. The van der Waals surface area contributed by atoms with Gasteiger partial charge in [-0.2, -0.15) is 0 Å². The van der Waals surface area contributed by atoms with Gasteiger partial charge < -0.3 is 9.32 Å². The molecule has 11 aromatic rings. The topological polar surface area (TPSA) is 16.4 Å². The van der Waals surface area contributed by atoms with Crippen LogP contribution < -0.4 is 4.90 Å². The Morgan fingerprint density at radius 2 is 1.12 bits per heavy atom. The molecule has 0 aliphatic carbocycles. The van der Waals surface area contributed by atoms with Gasteiger partial charge in [-0.3, -0.25) is 0 Å². The lowest BCUT2D eigenvalue weighted by Crippen LogP contribution is -2.10. The van der Waals surface area contributed by atoms with Crippen LogP contribution in [0.4, 0.5) is 17.1 Å². The summed E-state index contributed by atoms with van der Waals surface area (Å²) in [4.78, 5) is 2.41. The van der Waals surface area contributed by atoms with Crippen LogP contribution >= 0.6 is 22.7 Å². The second-order valence-corrected chi connectivity index (χ2v) is 15.0. The summed E-state index contributed by atoms with van der Waals surface area (Å²) in [5, 5.41) is 9.98. The van der Waals surface area contributed by atoms with E-state index in [0.29, 0.717) is 0 Å². The molecule has 0 amide bonds. The van der Waals surface area contributed by atoms with Crippen LogP contribution in [0.15, 0.2) is 168 Å². The summed E-state index contributed by atoms with van der Waals surface area (Å²) >= 11 is 3.77. The smallest absolute Gasteiger partial charge is 0.159 e. The van der Waals surface area contributed by atoms with Gasteiger partial charge in [-0.15, -0.1) is 22.7 Å². The number of anilines is 3. The van der Waals surface area contributed by atoms with Gasteiger partial charge in [0.2, 0.25) is 0 Å². The first-order chi connectivity index (χ1) is 24.8. The van der Waals surface area contributed by atoms with E-state index in [9.17, 15) is 0 Å². The predicted octanol–water partition coefficient (Wildman–Crippen LogP) is 14.6. The highest BCUT2D eigenvalue weighted by Gasteiger charge is 2.24. The Morgan fingerprint density at radius 1 is 0.420 bits per heavy atom. The Labute approximate surface area is 295 Å². The first-order valence-corrected chi connectivity index (χ1v) is 18.5. The number of thiophene rings is 2. The Kier molecular flexibility index (Phi) is 6.03. The van der Waals surface area contributed by atoms with Crippen LogP contribution in [0.2, 0.25) is 0 Å². The molecule has 8 aromatic carbocycles. The minimum atomic E-state index is 0.885. The summed E-state index contributed by atoms with van der Waals surface area (Å²) < 4.78 is 11.9. The third-order valence-corrected chi connectivity index (χ3v) is 12.4. The molecule has 50 heavy (non-hydrogen) atoms. The first-order valence-electron chi connectivity index (χ1n) is 16.8. The molecule has 0 fully saturated rings. The summed E-state index contributed by atoms with van der Waals surface area (Å²) in [6, 6.07) is 59.3. The number of hydrogen-bond acceptors (Lipinski definition) is 4. The summed E-state index contributed by atoms with van der Waals surface area (Å²) in [5.41, 5.74) is 7.42. The van der Waals surface area contributed by atoms with E-state index in [1.807, 2.05) is 28.7 Å². The predicted molar refractivity (Wildman–Crippen MR) is 217 cm³/mol. The number of furan rings is 1. The maximum atomic E-state index is 6.70. The molecule has 0 aliphatic rings. The number of hydrogen-bond donors (Lipinski definition) is 0. The zero-order valence-corrected chi connectivity index (χ0v) is 28.4. The van der Waals surface area contributed by atoms with E-state index < -0.39 is 0 Å². The lowest BCUT2D eigenvalue weighted by molar-refractivity contribution is 0.669. The lowest BCUT2D eigenvalue weighted by Gasteiger charge is -2.27. The van der Waals surface area contributed by atoms with Crippen LogP contribution in [0.1, 0.15) is 0 Å². The van der Waals surface area contributed by atoms with Crippen molar-refractivity contribution in [1.82, 2.24) is 0 Å². The largest absolute Gasteiger partial charge is 0.454 e. The van der Waals surface area contributed by atoms with E-state index in [1.54, 1.807) is 0 Å². The van der Waals surface area contributed by atoms with Gasteiger partial charge in [-0.25, -0.2) is 0 Å². The molecule has 0 N–H and O–H groups in total. The summed E-state index contributed by atoms with van der Waals surface area (Å²) in [7, 11) is 0. The Morgan fingerprint density at radius 3 is 2.04 bits per heavy atom. The standard InChI is InChI=1S/C46H27NOS2/c1-2-10-30-27-31(20-19-28(30)9-1)29-21-23-32(24-22-29)47(38-15-7-13-35-33-11-3-5-16-39(33)48-45(35)38)37-14-8-18-41-43(37)44-42(49-41)26-25-36-34-12-4-6-17-40(34)50-46(36)44/h1-27H. The molecule has 0 unspecified atom stereocenters. The van der Waals surface area contributed by atoms with Crippen molar-refractivity contribution in [1.29, 1.82) is 0 Å². The second kappa shape index (κ2) is 10.8. The molecule has 234 valence electrons. The van der Waals surface area contributed by atoms with Crippen molar-refractivity contribution in [2.45, 2.75) is 0 Å². The molecular formula is C46H27NOS2. The van der Waals surface area contributed by atoms with E-state index in [2.05, 4.69) is 163 Å². The van der Waals surface area contributed by atoms with E-state index in [4.69, 9.17) is 4.42 Å². The summed E-state index contributed by atoms with van der Waals surface area (Å²) in [5.74, 6) is 0. The summed E-state index contributed by atoms with van der Waals surface area (Å²) in [6.45, 7) is 0. The molecule has 0 spiro atoms. The number of rotatable bonds is 4. The van der Waals surface area contributed by atoms with Gasteiger partial charge in [-0.05, 0) is 76.5 Å². The molecule has 0 bridgehead atoms. The van der Waals surface area contributed by atoms with E-state index in [-0.39, 0.29) is 0 Å². The zero-order valence-electron chi connectivity index (χ0n) is 26.8. The van der Waals surface area contributed by atoms with Gasteiger partial charge in [0.15, 0.2) is 5.58 Å². The van der Waals surface area contributed by atoms with Crippen molar-refractivity contribution in [2.75, 3.05) is 4.90 Å². The normalized spacial score (nSPS) is 12.0. The molecule has 3 heterocycles. The van der Waals surface area contributed by atoms with Gasteiger partial charge in [0, 0.05) is 56.8 Å². The highest BCUT2D eigenvalue weighted by atomic mass is 32.1. The minimum absolute atomic E-state index is 0.885. The molecule has 0 aliphatic heterocycles. The Hall–Kier alpha value is -5.94. The number of benzene rings is 8. The molecule has 11 rings (SSSR count). The van der Waals surface area contributed by atoms with Crippen LogP contribution in [0, 0.1) is 0 Å². The molecule has 3 aromatic heterocycles. The number of nitrogens with zero attached hydrogens (tertiary/aromatic N) is 1. The van der Waals surface area contributed by atoms with E-state index in [0.717, 1.165) is 39.0 Å². The van der Waals surface area contributed by atoms with Crippen molar-refractivity contribution in [3.05, 3.63) is 164 Å². The van der Waals surface area contributed by atoms with Crippen molar-refractivity contribution in [3.8, 4) is 11.1 Å². The van der Waals surface area contributed by atoms with Gasteiger partial charge in [0.1, 0.15) is 5.58 Å². The highest BCUT2D eigenvalue weighted by Crippen LogP contribution is 2.51. The third-order valence-electron chi connectivity index (χ3n) is 10.1. The van der Waals surface area contributed by atoms with Gasteiger partial charge in [-0.1, -0.05) is 109 Å². The minimum Gasteiger partial charge on any atom is -0.454 e. The van der Waals surface area contributed by atoms with Gasteiger partial charge in [0.25, 0.3) is 0 Å². The van der Waals surface area contributed by atoms with Crippen molar-refractivity contribution in [3.63, 3.8) is 0 Å². The maximum absolute atomic E-state index is 6.70. The third kappa shape index (κ3) is 4.13. The maximum Gasteiger partial charge on any atom is 0.159 e. The fourth-order valence-corrected chi connectivity index (χ4v) is 10.2. The molecule has 2 nitrogen and oxygen atoms in total. The van der Waals surface area contributed by atoms with Crippen LogP contribution in [0.25, 0.3) is 84.2 Å². The monoisotopic (exact) mass is 673 g/mol. The van der Waals surface area contributed by atoms with Crippen LogP contribution in [0.5, 0.6) is 0 Å². The van der Waals surface area contributed by atoms with Gasteiger partial charge in [0.05, 0.1) is 11.4 Å². The van der Waals surface area contributed by atoms with E-state index >= 15 is 0 Å². The van der Waals surface area contributed by atoms with Crippen molar-refractivity contribution >= 4 is 113 Å². The fourth-order valence-electron chi connectivity index (χ4n) is 7.74. The van der Waals surface area contributed by atoms with Crippen LogP contribution in [-0.4, -0.2) is 0 Å². The Balaban J connectivity index is 1.19. The van der Waals surface area contributed by atoms with Crippen LogP contribution in [-0.2, 0) is 0 Å². The average molecular weight is 674 g/mol. The second-order valence-electron chi connectivity index (χ2n) is 12.9. The number of fused-ring (bicyclic) bond motifs is 11. The first kappa shape index (κ1) is 28.0. The SMILES string of the molecule is c1ccc2cc(-c3ccc(N(c4cccc5c4oc4ccccc45)c4cccc5sc6ccc7c8ccccc8sc7c6c45)cc3)ccc2c1. The number of para-hydroxylation sites is 2. The Bertz CT molecular complexity index is 3110. The zero-order chi connectivity index (χ0) is 32.8. The molecule has 0 saturated carbocycles. The lowest BCUT2D eigenvalue weighted by atomic mass is 10.0. The molecule has 0 atom stereocenters. The van der Waals surface area contributed by atoms with E-state index in [1.165, 1.54) is 62.2 Å². The van der Waals surface area contributed by atoms with Crippen molar-refractivity contribution < 1.29 is 4.42 Å². The summed E-state index contributed by atoms with van der Waals surface area (Å²) in [6.07, 6.45) is 0. The fraction of sp³-hybridized carbons (Fsp3) is 0. The molecule has 4 heteroatoms. The molecule has 0 saturated heterocycles. The quantitative estimate of drug-likeness (QED) is 0.185. The van der Waals surface area contributed by atoms with Gasteiger partial charge >= 0.3 is 0 Å². The molecule has 0 radical (unpaired) electrons. The van der Waals surface area contributed by atoms with Crippen LogP contribution in [0.3, 0.4) is 0 Å². The average Bonchev–Trinajstić information content (AvgIpc) is 3.87. The molecular weight excluding hydrogens is 647 g/mol.